The van der Waals surface area contributed by atoms with Crippen LogP contribution in [0, 0.1) is 16.7 Å². The van der Waals surface area contributed by atoms with Crippen molar-refractivity contribution in [1.82, 2.24) is 5.32 Å². The van der Waals surface area contributed by atoms with Crippen LogP contribution in [0.2, 0.25) is 0 Å². The molecule has 0 aromatic heterocycles. The number of carbonyl (C=O) groups is 1. The summed E-state index contributed by atoms with van der Waals surface area (Å²) in [6.07, 6.45) is 6.50. The topological polar surface area (TPSA) is 62.1 Å². The van der Waals surface area contributed by atoms with Crippen molar-refractivity contribution >= 4 is 5.91 Å². The standard InChI is InChI=1S/C13H20N2O2/c14-10-13(6-2-1-3-7-13)12(16)15-11-5-4-8-17-9-11/h11H,1-9H2,(H,15,16). The van der Waals surface area contributed by atoms with Crippen molar-refractivity contribution in [3.05, 3.63) is 0 Å². The van der Waals surface area contributed by atoms with Crippen LogP contribution in [0.15, 0.2) is 0 Å². The molecule has 0 aromatic rings. The molecule has 1 atom stereocenters. The van der Waals surface area contributed by atoms with Gasteiger partial charge < -0.3 is 10.1 Å². The maximum atomic E-state index is 12.2. The first kappa shape index (κ1) is 12.4. The van der Waals surface area contributed by atoms with E-state index in [9.17, 15) is 10.1 Å². The molecule has 94 valence electrons. The molecule has 0 bridgehead atoms. The van der Waals surface area contributed by atoms with E-state index in [-0.39, 0.29) is 11.9 Å². The molecule has 2 aliphatic rings. The second-order valence-corrected chi connectivity index (χ2v) is 5.14. The molecule has 1 N–H and O–H groups in total. The van der Waals surface area contributed by atoms with E-state index in [0.29, 0.717) is 19.4 Å². The molecule has 1 aliphatic heterocycles. The van der Waals surface area contributed by atoms with Crippen molar-refractivity contribution in [2.75, 3.05) is 13.2 Å². The zero-order chi connectivity index (χ0) is 12.1. The third-order valence-corrected chi connectivity index (χ3v) is 3.85. The van der Waals surface area contributed by atoms with E-state index in [4.69, 9.17) is 4.74 Å². The quantitative estimate of drug-likeness (QED) is 0.794. The number of nitriles is 1. The lowest BCUT2D eigenvalue weighted by atomic mass is 9.74. The maximum absolute atomic E-state index is 12.2. The third kappa shape index (κ3) is 2.78. The Morgan fingerprint density at radius 1 is 1.29 bits per heavy atom. The molecule has 1 aliphatic carbocycles. The summed E-state index contributed by atoms with van der Waals surface area (Å²) in [6.45, 7) is 1.38. The molecule has 1 amide bonds. The number of amides is 1. The zero-order valence-corrected chi connectivity index (χ0v) is 10.2. The van der Waals surface area contributed by atoms with Crippen LogP contribution in [0.3, 0.4) is 0 Å². The molecule has 1 saturated carbocycles. The summed E-state index contributed by atoms with van der Waals surface area (Å²) in [4.78, 5) is 12.2. The molecule has 4 nitrogen and oxygen atoms in total. The molecule has 1 unspecified atom stereocenters. The van der Waals surface area contributed by atoms with Crippen LogP contribution in [-0.2, 0) is 9.53 Å². The summed E-state index contributed by atoms with van der Waals surface area (Å²) < 4.78 is 5.34. The van der Waals surface area contributed by atoms with E-state index >= 15 is 0 Å². The first-order valence-electron chi connectivity index (χ1n) is 6.57. The lowest BCUT2D eigenvalue weighted by Gasteiger charge is -2.32. The van der Waals surface area contributed by atoms with E-state index in [2.05, 4.69) is 11.4 Å². The van der Waals surface area contributed by atoms with Crippen LogP contribution >= 0.6 is 0 Å². The van der Waals surface area contributed by atoms with Gasteiger partial charge >= 0.3 is 0 Å². The van der Waals surface area contributed by atoms with E-state index in [1.807, 2.05) is 0 Å². The highest BCUT2D eigenvalue weighted by Crippen LogP contribution is 2.36. The van der Waals surface area contributed by atoms with Crippen LogP contribution in [0.1, 0.15) is 44.9 Å². The highest BCUT2D eigenvalue weighted by Gasteiger charge is 2.40. The van der Waals surface area contributed by atoms with E-state index in [0.717, 1.165) is 38.7 Å². The Kier molecular flexibility index (Phi) is 4.01. The van der Waals surface area contributed by atoms with Gasteiger partial charge in [-0.25, -0.2) is 0 Å². The highest BCUT2D eigenvalue weighted by atomic mass is 16.5. The van der Waals surface area contributed by atoms with Crippen LogP contribution in [0.5, 0.6) is 0 Å². The summed E-state index contributed by atoms with van der Waals surface area (Å²) in [7, 11) is 0. The highest BCUT2D eigenvalue weighted by molar-refractivity contribution is 5.85. The predicted molar refractivity (Wildman–Crippen MR) is 63.1 cm³/mol. The monoisotopic (exact) mass is 236 g/mol. The van der Waals surface area contributed by atoms with Gasteiger partial charge in [0.05, 0.1) is 18.7 Å². The number of rotatable bonds is 2. The number of hydrogen-bond donors (Lipinski definition) is 1. The van der Waals surface area contributed by atoms with Gasteiger partial charge in [0.2, 0.25) is 5.91 Å². The molecule has 2 fully saturated rings. The largest absolute Gasteiger partial charge is 0.379 e. The summed E-state index contributed by atoms with van der Waals surface area (Å²) >= 11 is 0. The number of ether oxygens (including phenoxy) is 1. The maximum Gasteiger partial charge on any atom is 0.240 e. The minimum Gasteiger partial charge on any atom is -0.379 e. The fourth-order valence-electron chi connectivity index (χ4n) is 2.72. The van der Waals surface area contributed by atoms with Gasteiger partial charge in [-0.2, -0.15) is 5.26 Å². The third-order valence-electron chi connectivity index (χ3n) is 3.85. The van der Waals surface area contributed by atoms with E-state index < -0.39 is 5.41 Å². The minimum absolute atomic E-state index is 0.0739. The molecule has 0 spiro atoms. The van der Waals surface area contributed by atoms with Crippen LogP contribution in [0.25, 0.3) is 0 Å². The van der Waals surface area contributed by atoms with Crippen molar-refractivity contribution in [2.45, 2.75) is 51.0 Å². The molecule has 1 heterocycles. The van der Waals surface area contributed by atoms with Crippen molar-refractivity contribution in [1.29, 1.82) is 5.26 Å². The number of nitrogens with zero attached hydrogens (tertiary/aromatic N) is 1. The van der Waals surface area contributed by atoms with Crippen molar-refractivity contribution < 1.29 is 9.53 Å². The normalized spacial score (nSPS) is 28.1. The minimum atomic E-state index is -0.768. The molecule has 0 radical (unpaired) electrons. The smallest absolute Gasteiger partial charge is 0.240 e. The molecular weight excluding hydrogens is 216 g/mol. The van der Waals surface area contributed by atoms with Crippen molar-refractivity contribution in [3.63, 3.8) is 0 Å². The Morgan fingerprint density at radius 2 is 2.06 bits per heavy atom. The molecule has 2 rings (SSSR count). The van der Waals surface area contributed by atoms with Crippen LogP contribution in [0.4, 0.5) is 0 Å². The van der Waals surface area contributed by atoms with Crippen molar-refractivity contribution in [3.8, 4) is 6.07 Å². The Morgan fingerprint density at radius 3 is 2.65 bits per heavy atom. The Bertz CT molecular complexity index is 310. The fourth-order valence-corrected chi connectivity index (χ4v) is 2.72. The second-order valence-electron chi connectivity index (χ2n) is 5.14. The summed E-state index contributed by atoms with van der Waals surface area (Å²) in [5, 5.41) is 12.3. The average molecular weight is 236 g/mol. The molecule has 17 heavy (non-hydrogen) atoms. The lowest BCUT2D eigenvalue weighted by Crippen LogP contribution is -2.48. The molecular formula is C13H20N2O2. The molecule has 1 saturated heterocycles. The van der Waals surface area contributed by atoms with Gasteiger partial charge in [-0.3, -0.25) is 4.79 Å². The van der Waals surface area contributed by atoms with Gasteiger partial charge in [-0.15, -0.1) is 0 Å². The van der Waals surface area contributed by atoms with E-state index in [1.54, 1.807) is 0 Å². The lowest BCUT2D eigenvalue weighted by molar-refractivity contribution is -0.131. The zero-order valence-electron chi connectivity index (χ0n) is 10.2. The Labute approximate surface area is 102 Å². The molecule has 4 heteroatoms. The van der Waals surface area contributed by atoms with Crippen molar-refractivity contribution in [2.24, 2.45) is 5.41 Å². The first-order valence-corrected chi connectivity index (χ1v) is 6.57. The predicted octanol–water partition coefficient (Wildman–Crippen LogP) is 1.76. The SMILES string of the molecule is N#CC1(C(=O)NC2CCCOC2)CCCCC1. The summed E-state index contributed by atoms with van der Waals surface area (Å²) in [5.74, 6) is -0.0739. The number of hydrogen-bond acceptors (Lipinski definition) is 3. The molecule has 0 aromatic carbocycles. The Balaban J connectivity index is 1.94. The first-order chi connectivity index (χ1) is 8.27. The van der Waals surface area contributed by atoms with E-state index in [1.165, 1.54) is 0 Å². The van der Waals surface area contributed by atoms with Gasteiger partial charge in [-0.05, 0) is 25.7 Å². The Hall–Kier alpha value is -1.08. The van der Waals surface area contributed by atoms with Crippen LogP contribution in [-0.4, -0.2) is 25.2 Å². The van der Waals surface area contributed by atoms with Gasteiger partial charge in [-0.1, -0.05) is 19.3 Å². The van der Waals surface area contributed by atoms with Gasteiger partial charge in [0.25, 0.3) is 0 Å². The summed E-state index contributed by atoms with van der Waals surface area (Å²) in [5.41, 5.74) is -0.768. The number of carbonyl (C=O) groups excluding carboxylic acids is 1. The van der Waals surface area contributed by atoms with Crippen LogP contribution < -0.4 is 5.32 Å². The van der Waals surface area contributed by atoms with Gasteiger partial charge in [0.1, 0.15) is 5.41 Å². The fraction of sp³-hybridized carbons (Fsp3) is 0.846. The van der Waals surface area contributed by atoms with Gasteiger partial charge in [0, 0.05) is 6.61 Å². The number of nitrogens with one attached hydrogen (secondary N) is 1. The average Bonchev–Trinajstić information content (AvgIpc) is 2.40. The van der Waals surface area contributed by atoms with Gasteiger partial charge in [0.15, 0.2) is 0 Å². The second kappa shape index (κ2) is 5.50. The summed E-state index contributed by atoms with van der Waals surface area (Å²) in [6, 6.07) is 2.35.